The maximum absolute atomic E-state index is 11.5. The monoisotopic (exact) mass is 215 g/mol. The molecule has 0 rings (SSSR count). The summed E-state index contributed by atoms with van der Waals surface area (Å²) in [5, 5.41) is 11.7. The van der Waals surface area contributed by atoms with E-state index in [9.17, 15) is 4.79 Å². The van der Waals surface area contributed by atoms with E-state index in [0.29, 0.717) is 11.8 Å². The van der Waals surface area contributed by atoms with Crippen LogP contribution in [0.2, 0.25) is 0 Å². The fourth-order valence-corrected chi connectivity index (χ4v) is 1.22. The molecule has 0 aromatic heterocycles. The third-order valence-corrected chi connectivity index (χ3v) is 2.90. The highest BCUT2D eigenvalue weighted by Crippen LogP contribution is 2.09. The maximum Gasteiger partial charge on any atom is 0.223 e. The summed E-state index contributed by atoms with van der Waals surface area (Å²) in [6.07, 6.45) is 1.91. The van der Waals surface area contributed by atoms with Gasteiger partial charge in [-0.15, -0.1) is 0 Å². The molecular weight excluding hydrogens is 190 g/mol. The van der Waals surface area contributed by atoms with Crippen LogP contribution >= 0.6 is 0 Å². The largest absolute Gasteiger partial charge is 0.396 e. The van der Waals surface area contributed by atoms with Crippen molar-refractivity contribution in [3.63, 3.8) is 0 Å². The molecule has 0 saturated carbocycles. The first-order valence-corrected chi connectivity index (χ1v) is 5.87. The predicted octanol–water partition coefficient (Wildman–Crippen LogP) is 1.80. The molecule has 0 aliphatic rings. The summed E-state index contributed by atoms with van der Waals surface area (Å²) in [6.45, 7) is 9.03. The summed E-state index contributed by atoms with van der Waals surface area (Å²) in [4.78, 5) is 11.5. The molecule has 0 radical (unpaired) electrons. The molecule has 0 heterocycles. The lowest BCUT2D eigenvalue weighted by molar-refractivity contribution is -0.125. The minimum atomic E-state index is 0.0836. The molecule has 0 spiro atoms. The number of hydrogen-bond acceptors (Lipinski definition) is 2. The molecular formula is C12H25NO2. The first kappa shape index (κ1) is 14.4. The molecule has 90 valence electrons. The maximum atomic E-state index is 11.5. The van der Waals surface area contributed by atoms with Gasteiger partial charge in [0.2, 0.25) is 5.91 Å². The molecule has 1 amide bonds. The van der Waals surface area contributed by atoms with Crippen molar-refractivity contribution >= 4 is 5.91 Å². The van der Waals surface area contributed by atoms with Gasteiger partial charge >= 0.3 is 0 Å². The van der Waals surface area contributed by atoms with E-state index in [4.69, 9.17) is 5.11 Å². The van der Waals surface area contributed by atoms with Gasteiger partial charge in [0.05, 0.1) is 0 Å². The van der Waals surface area contributed by atoms with E-state index >= 15 is 0 Å². The van der Waals surface area contributed by atoms with Crippen LogP contribution < -0.4 is 5.32 Å². The zero-order chi connectivity index (χ0) is 11.8. The Morgan fingerprint density at radius 3 is 2.33 bits per heavy atom. The van der Waals surface area contributed by atoms with Gasteiger partial charge in [0.15, 0.2) is 0 Å². The van der Waals surface area contributed by atoms with E-state index in [0.717, 1.165) is 19.4 Å². The van der Waals surface area contributed by atoms with Crippen LogP contribution in [0.1, 0.15) is 40.5 Å². The predicted molar refractivity (Wildman–Crippen MR) is 62.5 cm³/mol. The Kier molecular flexibility index (Phi) is 7.39. The quantitative estimate of drug-likeness (QED) is 0.636. The van der Waals surface area contributed by atoms with Gasteiger partial charge in [-0.25, -0.2) is 0 Å². The lowest BCUT2D eigenvalue weighted by Gasteiger charge is -2.15. The van der Waals surface area contributed by atoms with Crippen molar-refractivity contribution in [2.24, 2.45) is 17.8 Å². The molecule has 3 heteroatoms. The molecule has 2 N–H and O–H groups in total. The number of carbonyl (C=O) groups excluding carboxylic acids is 1. The summed E-state index contributed by atoms with van der Waals surface area (Å²) < 4.78 is 0. The van der Waals surface area contributed by atoms with E-state index in [1.807, 2.05) is 13.8 Å². The third kappa shape index (κ3) is 6.50. The Morgan fingerprint density at radius 2 is 1.87 bits per heavy atom. The molecule has 0 saturated heterocycles. The zero-order valence-electron chi connectivity index (χ0n) is 10.4. The van der Waals surface area contributed by atoms with Gasteiger partial charge in [0.25, 0.3) is 0 Å². The summed E-state index contributed by atoms with van der Waals surface area (Å²) in [6, 6.07) is 0. The lowest BCUT2D eigenvalue weighted by atomic mass is 9.97. The second kappa shape index (κ2) is 7.69. The molecule has 2 atom stereocenters. The fourth-order valence-electron chi connectivity index (χ4n) is 1.22. The van der Waals surface area contributed by atoms with E-state index in [-0.39, 0.29) is 18.4 Å². The summed E-state index contributed by atoms with van der Waals surface area (Å²) >= 11 is 0. The number of aliphatic hydroxyl groups is 1. The Balaban J connectivity index is 3.55. The van der Waals surface area contributed by atoms with Gasteiger partial charge < -0.3 is 10.4 Å². The van der Waals surface area contributed by atoms with Crippen LogP contribution in [0.25, 0.3) is 0 Å². The van der Waals surface area contributed by atoms with Crippen LogP contribution in [0, 0.1) is 17.8 Å². The van der Waals surface area contributed by atoms with E-state index in [2.05, 4.69) is 19.2 Å². The Morgan fingerprint density at radius 1 is 1.27 bits per heavy atom. The van der Waals surface area contributed by atoms with Gasteiger partial charge in [-0.2, -0.15) is 0 Å². The Hall–Kier alpha value is -0.570. The van der Waals surface area contributed by atoms with E-state index in [1.165, 1.54) is 0 Å². The Bertz CT molecular complexity index is 180. The first-order valence-electron chi connectivity index (χ1n) is 5.87. The molecule has 0 aromatic rings. The molecule has 0 aliphatic carbocycles. The normalized spacial score (nSPS) is 15.1. The second-order valence-electron chi connectivity index (χ2n) is 4.75. The Labute approximate surface area is 93.3 Å². The zero-order valence-corrected chi connectivity index (χ0v) is 10.4. The van der Waals surface area contributed by atoms with Gasteiger partial charge in [0.1, 0.15) is 0 Å². The number of nitrogens with one attached hydrogen (secondary N) is 1. The molecule has 0 fully saturated rings. The highest BCUT2D eigenvalue weighted by atomic mass is 16.3. The summed E-state index contributed by atoms with van der Waals surface area (Å²) in [5.74, 6) is 0.952. The number of rotatable bonds is 7. The van der Waals surface area contributed by atoms with Crippen molar-refractivity contribution in [3.8, 4) is 0 Å². The molecule has 2 unspecified atom stereocenters. The second-order valence-corrected chi connectivity index (χ2v) is 4.75. The van der Waals surface area contributed by atoms with Crippen LogP contribution in [0.5, 0.6) is 0 Å². The molecule has 15 heavy (non-hydrogen) atoms. The van der Waals surface area contributed by atoms with Crippen molar-refractivity contribution < 1.29 is 9.90 Å². The number of aliphatic hydroxyl groups excluding tert-OH is 1. The lowest BCUT2D eigenvalue weighted by Crippen LogP contribution is -2.32. The topological polar surface area (TPSA) is 49.3 Å². The average Bonchev–Trinajstić information content (AvgIpc) is 2.22. The van der Waals surface area contributed by atoms with Crippen molar-refractivity contribution in [2.75, 3.05) is 13.2 Å². The minimum Gasteiger partial charge on any atom is -0.396 e. The molecule has 0 aliphatic heterocycles. The van der Waals surface area contributed by atoms with Crippen molar-refractivity contribution in [3.05, 3.63) is 0 Å². The van der Waals surface area contributed by atoms with E-state index < -0.39 is 0 Å². The smallest absolute Gasteiger partial charge is 0.223 e. The van der Waals surface area contributed by atoms with Gasteiger partial charge in [-0.3, -0.25) is 4.79 Å². The molecule has 0 bridgehead atoms. The number of hydrogen-bond donors (Lipinski definition) is 2. The average molecular weight is 215 g/mol. The SMILES string of the molecule is CC(CO)CCCNC(=O)C(C)C(C)C. The van der Waals surface area contributed by atoms with E-state index in [1.54, 1.807) is 0 Å². The highest BCUT2D eigenvalue weighted by Gasteiger charge is 2.15. The molecule has 0 aromatic carbocycles. The van der Waals surface area contributed by atoms with Crippen LogP contribution in [-0.2, 0) is 4.79 Å². The van der Waals surface area contributed by atoms with Crippen molar-refractivity contribution in [1.29, 1.82) is 0 Å². The first-order chi connectivity index (χ1) is 6.99. The van der Waals surface area contributed by atoms with Crippen molar-refractivity contribution in [1.82, 2.24) is 5.32 Å². The molecule has 3 nitrogen and oxygen atoms in total. The van der Waals surface area contributed by atoms with Crippen LogP contribution in [0.4, 0.5) is 0 Å². The van der Waals surface area contributed by atoms with Crippen LogP contribution in [0.3, 0.4) is 0 Å². The third-order valence-electron chi connectivity index (χ3n) is 2.90. The van der Waals surface area contributed by atoms with Gasteiger partial charge in [0, 0.05) is 19.1 Å². The summed E-state index contributed by atoms with van der Waals surface area (Å²) in [5.41, 5.74) is 0. The number of carbonyl (C=O) groups is 1. The van der Waals surface area contributed by atoms with Crippen LogP contribution in [-0.4, -0.2) is 24.2 Å². The van der Waals surface area contributed by atoms with Gasteiger partial charge in [-0.1, -0.05) is 27.7 Å². The number of amides is 1. The van der Waals surface area contributed by atoms with Gasteiger partial charge in [-0.05, 0) is 24.7 Å². The minimum absolute atomic E-state index is 0.0836. The standard InChI is InChI=1S/C12H25NO2/c1-9(2)11(4)12(15)13-7-5-6-10(3)8-14/h9-11,14H,5-8H2,1-4H3,(H,13,15). The fraction of sp³-hybridized carbons (Fsp3) is 0.917. The van der Waals surface area contributed by atoms with Crippen molar-refractivity contribution in [2.45, 2.75) is 40.5 Å². The van der Waals surface area contributed by atoms with Crippen LogP contribution in [0.15, 0.2) is 0 Å². The summed E-state index contributed by atoms with van der Waals surface area (Å²) in [7, 11) is 0. The highest BCUT2D eigenvalue weighted by molar-refractivity contribution is 5.78.